The van der Waals surface area contributed by atoms with Crippen LogP contribution in [-0.2, 0) is 11.3 Å². The number of aryl methyl sites for hydroxylation is 1. The van der Waals surface area contributed by atoms with Crippen molar-refractivity contribution in [2.45, 2.75) is 32.4 Å². The van der Waals surface area contributed by atoms with E-state index in [-0.39, 0.29) is 17.7 Å². The van der Waals surface area contributed by atoms with Crippen LogP contribution in [0.5, 0.6) is 0 Å². The van der Waals surface area contributed by atoms with Crippen molar-refractivity contribution < 1.29 is 9.59 Å². The standard InChI is InChI=1S/C25H21N5O2S/c1-15-2-3-18(25(32)27-11-16-6-7-33-13-16)8-17(15)4-5-19-12-30(20-9-21(31)10-20)24-22(19)23(26)28-14-29-24/h2-3,6-8,12-14,20H,9-11H2,1H3,(H,27,32)(H2,26,28,29). The lowest BCUT2D eigenvalue weighted by molar-refractivity contribution is -0.126. The third kappa shape index (κ3) is 4.11. The molecule has 3 heterocycles. The molecule has 33 heavy (non-hydrogen) atoms. The third-order valence-electron chi connectivity index (χ3n) is 5.82. The van der Waals surface area contributed by atoms with E-state index in [1.54, 1.807) is 23.5 Å². The van der Waals surface area contributed by atoms with Crippen molar-refractivity contribution in [3.05, 3.63) is 75.4 Å². The maximum absolute atomic E-state index is 12.6. The molecule has 4 aromatic rings. The van der Waals surface area contributed by atoms with Gasteiger partial charge in [-0.2, -0.15) is 11.3 Å². The van der Waals surface area contributed by atoms with Crippen molar-refractivity contribution in [2.24, 2.45) is 0 Å². The number of Topliss-reactive ketones (excluding diaryl/α,β-unsaturated/α-hetero) is 1. The molecule has 164 valence electrons. The fourth-order valence-corrected chi connectivity index (χ4v) is 4.52. The second kappa shape index (κ2) is 8.52. The SMILES string of the molecule is Cc1ccc(C(=O)NCc2ccsc2)cc1C#Cc1cn(C2CC(=O)C2)c2ncnc(N)c12. The average Bonchev–Trinajstić information content (AvgIpc) is 3.43. The number of hydrogen-bond donors (Lipinski definition) is 2. The first kappa shape index (κ1) is 20.9. The lowest BCUT2D eigenvalue weighted by Gasteiger charge is -2.26. The Kier molecular flexibility index (Phi) is 5.40. The van der Waals surface area contributed by atoms with Gasteiger partial charge >= 0.3 is 0 Å². The largest absolute Gasteiger partial charge is 0.383 e. The van der Waals surface area contributed by atoms with E-state index < -0.39 is 0 Å². The van der Waals surface area contributed by atoms with Crippen LogP contribution in [0.2, 0.25) is 0 Å². The highest BCUT2D eigenvalue weighted by atomic mass is 32.1. The molecule has 0 aliphatic heterocycles. The molecular weight excluding hydrogens is 434 g/mol. The molecular formula is C25H21N5O2S. The zero-order valence-electron chi connectivity index (χ0n) is 18.0. The number of hydrogen-bond acceptors (Lipinski definition) is 6. The van der Waals surface area contributed by atoms with Gasteiger partial charge in [0.25, 0.3) is 5.91 Å². The highest BCUT2D eigenvalue weighted by Crippen LogP contribution is 2.34. The number of nitrogen functional groups attached to an aromatic ring is 1. The molecule has 3 N–H and O–H groups in total. The molecule has 7 nitrogen and oxygen atoms in total. The van der Waals surface area contributed by atoms with Crippen molar-refractivity contribution in [1.29, 1.82) is 0 Å². The lowest BCUT2D eigenvalue weighted by Crippen LogP contribution is -2.26. The monoisotopic (exact) mass is 455 g/mol. The van der Waals surface area contributed by atoms with Crippen LogP contribution in [-0.4, -0.2) is 26.2 Å². The van der Waals surface area contributed by atoms with Crippen molar-refractivity contribution in [2.75, 3.05) is 5.73 Å². The minimum atomic E-state index is -0.145. The highest BCUT2D eigenvalue weighted by Gasteiger charge is 2.30. The van der Waals surface area contributed by atoms with E-state index in [0.29, 0.717) is 47.4 Å². The molecule has 1 fully saturated rings. The van der Waals surface area contributed by atoms with Gasteiger partial charge in [-0.1, -0.05) is 17.9 Å². The number of amides is 1. The van der Waals surface area contributed by atoms with Gasteiger partial charge < -0.3 is 15.6 Å². The zero-order valence-corrected chi connectivity index (χ0v) is 18.8. The summed E-state index contributed by atoms with van der Waals surface area (Å²) in [5, 5.41) is 7.62. The van der Waals surface area contributed by atoms with E-state index >= 15 is 0 Å². The van der Waals surface area contributed by atoms with Crippen molar-refractivity contribution >= 4 is 39.9 Å². The van der Waals surface area contributed by atoms with Crippen LogP contribution in [0.1, 0.15) is 51.5 Å². The third-order valence-corrected chi connectivity index (χ3v) is 6.56. The Hall–Kier alpha value is -3.96. The predicted molar refractivity (Wildman–Crippen MR) is 128 cm³/mol. The van der Waals surface area contributed by atoms with Gasteiger partial charge in [-0.15, -0.1) is 0 Å². The van der Waals surface area contributed by atoms with E-state index in [2.05, 4.69) is 27.1 Å². The summed E-state index contributed by atoms with van der Waals surface area (Å²) < 4.78 is 1.97. The van der Waals surface area contributed by atoms with Gasteiger partial charge in [0, 0.05) is 42.8 Å². The van der Waals surface area contributed by atoms with Gasteiger partial charge in [-0.25, -0.2) is 9.97 Å². The molecule has 0 radical (unpaired) electrons. The van der Waals surface area contributed by atoms with Gasteiger partial charge in [-0.3, -0.25) is 9.59 Å². The molecule has 1 aliphatic rings. The number of thiophene rings is 1. The molecule has 1 amide bonds. The Bertz CT molecular complexity index is 1430. The number of carbonyl (C=O) groups excluding carboxylic acids is 2. The molecule has 0 unspecified atom stereocenters. The summed E-state index contributed by atoms with van der Waals surface area (Å²) >= 11 is 1.60. The number of aromatic nitrogens is 3. The van der Waals surface area contributed by atoms with E-state index in [0.717, 1.165) is 16.7 Å². The number of fused-ring (bicyclic) bond motifs is 1. The minimum Gasteiger partial charge on any atom is -0.383 e. The van der Waals surface area contributed by atoms with E-state index in [9.17, 15) is 9.59 Å². The molecule has 0 saturated heterocycles. The molecule has 0 bridgehead atoms. The number of nitrogens with zero attached hydrogens (tertiary/aromatic N) is 3. The Morgan fingerprint density at radius 3 is 2.82 bits per heavy atom. The summed E-state index contributed by atoms with van der Waals surface area (Å²) in [5.41, 5.74) is 10.9. The van der Waals surface area contributed by atoms with E-state index in [1.165, 1.54) is 6.33 Å². The van der Waals surface area contributed by atoms with Crippen LogP contribution in [0.25, 0.3) is 11.0 Å². The summed E-state index contributed by atoms with van der Waals surface area (Å²) in [6.45, 7) is 2.44. The summed E-state index contributed by atoms with van der Waals surface area (Å²) in [6.07, 6.45) is 4.30. The molecule has 8 heteroatoms. The van der Waals surface area contributed by atoms with Crippen molar-refractivity contribution in [3.8, 4) is 11.8 Å². The molecule has 1 aliphatic carbocycles. The van der Waals surface area contributed by atoms with Crippen molar-refractivity contribution in [1.82, 2.24) is 19.9 Å². The van der Waals surface area contributed by atoms with Gasteiger partial charge in [0.05, 0.1) is 10.9 Å². The van der Waals surface area contributed by atoms with Gasteiger partial charge in [0.2, 0.25) is 0 Å². The summed E-state index contributed by atoms with van der Waals surface area (Å²) in [5.74, 6) is 6.83. The molecule has 0 atom stereocenters. The first-order valence-corrected chi connectivity index (χ1v) is 11.5. The molecule has 3 aromatic heterocycles. The fraction of sp³-hybridized carbons (Fsp3) is 0.200. The van der Waals surface area contributed by atoms with Crippen molar-refractivity contribution in [3.63, 3.8) is 0 Å². The first-order valence-electron chi connectivity index (χ1n) is 10.5. The molecule has 1 aromatic carbocycles. The molecule has 0 spiro atoms. The second-order valence-electron chi connectivity index (χ2n) is 8.10. The summed E-state index contributed by atoms with van der Waals surface area (Å²) in [4.78, 5) is 32.6. The Balaban J connectivity index is 1.45. The lowest BCUT2D eigenvalue weighted by atomic mass is 9.91. The number of rotatable bonds is 4. The smallest absolute Gasteiger partial charge is 0.251 e. The van der Waals surface area contributed by atoms with Crippen LogP contribution < -0.4 is 11.1 Å². The minimum absolute atomic E-state index is 0.0711. The van der Waals surface area contributed by atoms with Crippen LogP contribution in [0.3, 0.4) is 0 Å². The van der Waals surface area contributed by atoms with Crippen LogP contribution in [0, 0.1) is 18.8 Å². The Morgan fingerprint density at radius 1 is 1.24 bits per heavy atom. The molecule has 5 rings (SSSR count). The maximum atomic E-state index is 12.6. The number of ketones is 1. The van der Waals surface area contributed by atoms with Gasteiger partial charge in [-0.05, 0) is 47.0 Å². The second-order valence-corrected chi connectivity index (χ2v) is 8.88. The predicted octanol–water partition coefficient (Wildman–Crippen LogP) is 3.62. The number of nitrogens with two attached hydrogens (primary N) is 1. The topological polar surface area (TPSA) is 103 Å². The van der Waals surface area contributed by atoms with E-state index in [4.69, 9.17) is 5.73 Å². The number of anilines is 1. The number of carbonyl (C=O) groups is 2. The Morgan fingerprint density at radius 2 is 2.06 bits per heavy atom. The summed E-state index contributed by atoms with van der Waals surface area (Å²) in [6, 6.07) is 7.55. The van der Waals surface area contributed by atoms with Crippen LogP contribution >= 0.6 is 11.3 Å². The van der Waals surface area contributed by atoms with Crippen LogP contribution in [0.15, 0.2) is 47.5 Å². The van der Waals surface area contributed by atoms with Gasteiger partial charge in [0.1, 0.15) is 23.6 Å². The number of nitrogens with one attached hydrogen (secondary N) is 1. The summed E-state index contributed by atoms with van der Waals surface area (Å²) in [7, 11) is 0. The number of benzene rings is 1. The zero-order chi connectivity index (χ0) is 22.9. The highest BCUT2D eigenvalue weighted by molar-refractivity contribution is 7.07. The average molecular weight is 456 g/mol. The van der Waals surface area contributed by atoms with E-state index in [1.807, 2.05) is 40.6 Å². The van der Waals surface area contributed by atoms with Gasteiger partial charge in [0.15, 0.2) is 0 Å². The quantitative estimate of drug-likeness (QED) is 0.458. The fourth-order valence-electron chi connectivity index (χ4n) is 3.85. The Labute approximate surface area is 194 Å². The maximum Gasteiger partial charge on any atom is 0.251 e. The van der Waals surface area contributed by atoms with Crippen LogP contribution in [0.4, 0.5) is 5.82 Å². The molecule has 1 saturated carbocycles. The normalized spacial score (nSPS) is 13.4. The first-order chi connectivity index (χ1) is 16.0.